The number of hydrogen-bond donors (Lipinski definition) is 3. The minimum atomic E-state index is -0.781. The van der Waals surface area contributed by atoms with Crippen molar-refractivity contribution in [1.29, 1.82) is 0 Å². The van der Waals surface area contributed by atoms with Gasteiger partial charge in [-0.3, -0.25) is 0 Å². The minimum absolute atomic E-state index is 0.260. The molecule has 0 saturated heterocycles. The van der Waals surface area contributed by atoms with E-state index in [0.717, 1.165) is 12.8 Å². The molecule has 3 N–H and O–H groups in total. The van der Waals surface area contributed by atoms with Gasteiger partial charge in [0.05, 0.1) is 18.3 Å². The highest BCUT2D eigenvalue weighted by Gasteiger charge is 2.17. The van der Waals surface area contributed by atoms with E-state index in [4.69, 9.17) is 5.11 Å². The van der Waals surface area contributed by atoms with Crippen LogP contribution in [0.15, 0.2) is 0 Å². The molecular weight excluding hydrogens is 192 g/mol. The van der Waals surface area contributed by atoms with E-state index in [1.807, 2.05) is 0 Å². The third-order valence-corrected chi connectivity index (χ3v) is 2.63. The fourth-order valence-corrected chi connectivity index (χ4v) is 1.66. The van der Waals surface area contributed by atoms with Crippen molar-refractivity contribution >= 4 is 0 Å². The molecule has 0 aromatic heterocycles. The molecule has 3 unspecified atom stereocenters. The monoisotopic (exact) mass is 218 g/mol. The molecule has 0 rings (SSSR count). The first kappa shape index (κ1) is 14.9. The topological polar surface area (TPSA) is 60.7 Å². The normalized spacial score (nSPS) is 17.4. The molecule has 3 atom stereocenters. The number of hydrogen-bond acceptors (Lipinski definition) is 3. The van der Waals surface area contributed by atoms with Crippen LogP contribution in [0, 0.1) is 0 Å². The lowest BCUT2D eigenvalue weighted by Gasteiger charge is -2.18. The maximum Gasteiger partial charge on any atom is 0.0823 e. The summed E-state index contributed by atoms with van der Waals surface area (Å²) in [4.78, 5) is 0. The molecule has 15 heavy (non-hydrogen) atoms. The Balaban J connectivity index is 3.42. The minimum Gasteiger partial charge on any atom is -0.393 e. The molecule has 0 spiro atoms. The number of unbranched alkanes of at least 4 members (excludes halogenated alkanes) is 4. The van der Waals surface area contributed by atoms with Crippen LogP contribution in [0.2, 0.25) is 0 Å². The van der Waals surface area contributed by atoms with E-state index in [2.05, 4.69) is 6.92 Å². The second-order valence-electron chi connectivity index (χ2n) is 4.42. The first-order valence-electron chi connectivity index (χ1n) is 6.12. The molecule has 0 bridgehead atoms. The Labute approximate surface area is 93.1 Å². The highest BCUT2D eigenvalue weighted by molar-refractivity contribution is 4.69. The molecule has 0 aliphatic heterocycles. The van der Waals surface area contributed by atoms with Crippen LogP contribution >= 0.6 is 0 Å². The Morgan fingerprint density at radius 3 is 2.00 bits per heavy atom. The molecule has 3 nitrogen and oxygen atoms in total. The second kappa shape index (κ2) is 9.13. The van der Waals surface area contributed by atoms with Crippen LogP contribution in [0.3, 0.4) is 0 Å². The van der Waals surface area contributed by atoms with E-state index in [-0.39, 0.29) is 6.42 Å². The Morgan fingerprint density at radius 1 is 0.867 bits per heavy atom. The van der Waals surface area contributed by atoms with E-state index >= 15 is 0 Å². The van der Waals surface area contributed by atoms with Gasteiger partial charge < -0.3 is 15.3 Å². The van der Waals surface area contributed by atoms with Crippen molar-refractivity contribution < 1.29 is 15.3 Å². The number of aliphatic hydroxyl groups is 3. The Hall–Kier alpha value is -0.120. The third kappa shape index (κ3) is 8.85. The first-order chi connectivity index (χ1) is 7.07. The summed E-state index contributed by atoms with van der Waals surface area (Å²) in [6.45, 7) is 3.79. The van der Waals surface area contributed by atoms with Gasteiger partial charge in [-0.15, -0.1) is 0 Å². The maximum absolute atomic E-state index is 9.56. The van der Waals surface area contributed by atoms with E-state index in [1.165, 1.54) is 19.3 Å². The molecular formula is C12H26O3. The van der Waals surface area contributed by atoms with Crippen molar-refractivity contribution in [3.05, 3.63) is 0 Å². The summed E-state index contributed by atoms with van der Waals surface area (Å²) >= 11 is 0. The lowest BCUT2D eigenvalue weighted by molar-refractivity contribution is -0.0133. The van der Waals surface area contributed by atoms with E-state index < -0.39 is 18.3 Å². The van der Waals surface area contributed by atoms with Gasteiger partial charge in [-0.1, -0.05) is 39.0 Å². The fraction of sp³-hybridized carbons (Fsp3) is 1.00. The molecule has 0 radical (unpaired) electrons. The first-order valence-corrected chi connectivity index (χ1v) is 6.12. The van der Waals surface area contributed by atoms with Crippen LogP contribution in [0.5, 0.6) is 0 Å². The lowest BCUT2D eigenvalue weighted by Crippen LogP contribution is -2.29. The molecule has 92 valence electrons. The summed E-state index contributed by atoms with van der Waals surface area (Å²) < 4.78 is 0. The summed E-state index contributed by atoms with van der Waals surface area (Å²) in [7, 11) is 0. The van der Waals surface area contributed by atoms with Gasteiger partial charge in [-0.2, -0.15) is 0 Å². The van der Waals surface area contributed by atoms with E-state index in [1.54, 1.807) is 6.92 Å². The molecule has 0 aliphatic carbocycles. The largest absolute Gasteiger partial charge is 0.393 e. The van der Waals surface area contributed by atoms with Crippen LogP contribution < -0.4 is 0 Å². The fourth-order valence-electron chi connectivity index (χ4n) is 1.66. The van der Waals surface area contributed by atoms with Gasteiger partial charge in [0.1, 0.15) is 0 Å². The van der Waals surface area contributed by atoms with Crippen molar-refractivity contribution in [3.8, 4) is 0 Å². The van der Waals surface area contributed by atoms with Crippen LogP contribution in [0.1, 0.15) is 58.8 Å². The summed E-state index contributed by atoms with van der Waals surface area (Å²) in [6.07, 6.45) is 4.62. The number of aliphatic hydroxyl groups excluding tert-OH is 3. The van der Waals surface area contributed by atoms with Gasteiger partial charge >= 0.3 is 0 Å². The molecule has 0 aromatic carbocycles. The second-order valence-corrected chi connectivity index (χ2v) is 4.42. The van der Waals surface area contributed by atoms with Gasteiger partial charge in [0.2, 0.25) is 0 Å². The average Bonchev–Trinajstić information content (AvgIpc) is 2.16. The Morgan fingerprint density at radius 2 is 1.47 bits per heavy atom. The number of rotatable bonds is 9. The highest BCUT2D eigenvalue weighted by atomic mass is 16.3. The van der Waals surface area contributed by atoms with Crippen LogP contribution in [0.25, 0.3) is 0 Å². The van der Waals surface area contributed by atoms with Crippen LogP contribution in [0.4, 0.5) is 0 Å². The predicted molar refractivity (Wildman–Crippen MR) is 61.7 cm³/mol. The summed E-state index contributed by atoms with van der Waals surface area (Å²) in [5.41, 5.74) is 0. The summed E-state index contributed by atoms with van der Waals surface area (Å²) in [5, 5.41) is 28.1. The van der Waals surface area contributed by atoms with E-state index in [0.29, 0.717) is 6.42 Å². The summed E-state index contributed by atoms with van der Waals surface area (Å²) in [5.74, 6) is 0. The van der Waals surface area contributed by atoms with Crippen molar-refractivity contribution in [1.82, 2.24) is 0 Å². The Bertz CT molecular complexity index is 137. The molecule has 0 aliphatic rings. The van der Waals surface area contributed by atoms with Crippen LogP contribution in [-0.2, 0) is 0 Å². The van der Waals surface area contributed by atoms with Crippen molar-refractivity contribution in [3.63, 3.8) is 0 Å². The lowest BCUT2D eigenvalue weighted by atomic mass is 10.0. The van der Waals surface area contributed by atoms with Gasteiger partial charge in [-0.05, 0) is 13.3 Å². The van der Waals surface area contributed by atoms with Crippen LogP contribution in [-0.4, -0.2) is 33.6 Å². The molecule has 3 heteroatoms. The predicted octanol–water partition coefficient (Wildman–Crippen LogP) is 1.84. The smallest absolute Gasteiger partial charge is 0.0823 e. The van der Waals surface area contributed by atoms with Gasteiger partial charge in [0, 0.05) is 6.42 Å². The van der Waals surface area contributed by atoms with Crippen molar-refractivity contribution in [2.75, 3.05) is 0 Å². The molecule has 0 fully saturated rings. The molecule has 0 amide bonds. The zero-order valence-electron chi connectivity index (χ0n) is 10.0. The van der Waals surface area contributed by atoms with Crippen molar-refractivity contribution in [2.45, 2.75) is 77.1 Å². The van der Waals surface area contributed by atoms with E-state index in [9.17, 15) is 10.2 Å². The Kier molecular flexibility index (Phi) is 9.06. The van der Waals surface area contributed by atoms with Crippen molar-refractivity contribution in [2.24, 2.45) is 0 Å². The van der Waals surface area contributed by atoms with Gasteiger partial charge in [0.25, 0.3) is 0 Å². The molecule has 0 heterocycles. The third-order valence-electron chi connectivity index (χ3n) is 2.63. The zero-order chi connectivity index (χ0) is 11.7. The quantitative estimate of drug-likeness (QED) is 0.517. The zero-order valence-corrected chi connectivity index (χ0v) is 10.0. The van der Waals surface area contributed by atoms with Gasteiger partial charge in [0.15, 0.2) is 0 Å². The highest BCUT2D eigenvalue weighted by Crippen LogP contribution is 2.12. The van der Waals surface area contributed by atoms with Gasteiger partial charge in [-0.25, -0.2) is 0 Å². The molecule has 0 aromatic rings. The summed E-state index contributed by atoms with van der Waals surface area (Å²) in [6, 6.07) is 0. The standard InChI is InChI=1S/C12H26O3/c1-3-4-5-6-7-8-11(14)12(15)9-10(2)13/h10-15H,3-9H2,1-2H3. The average molecular weight is 218 g/mol. The maximum atomic E-state index is 9.56. The SMILES string of the molecule is CCCCCCCC(O)C(O)CC(C)O. The molecule has 0 saturated carbocycles.